The normalized spacial score (nSPS) is 16.6. The van der Waals surface area contributed by atoms with Crippen LogP contribution in [0, 0.1) is 13.8 Å². The third-order valence-corrected chi connectivity index (χ3v) is 4.61. The van der Waals surface area contributed by atoms with Gasteiger partial charge < -0.3 is 5.32 Å². The van der Waals surface area contributed by atoms with Crippen LogP contribution in [-0.2, 0) is 4.79 Å². The van der Waals surface area contributed by atoms with Crippen LogP contribution in [0.25, 0.3) is 5.69 Å². The highest BCUT2D eigenvalue weighted by molar-refractivity contribution is 5.94. The van der Waals surface area contributed by atoms with Crippen molar-refractivity contribution in [1.29, 1.82) is 0 Å². The van der Waals surface area contributed by atoms with Crippen molar-refractivity contribution in [3.8, 4) is 5.69 Å². The number of aryl methyl sites for hydroxylation is 2. The van der Waals surface area contributed by atoms with E-state index >= 15 is 0 Å². The second kappa shape index (κ2) is 5.64. The van der Waals surface area contributed by atoms with Crippen LogP contribution in [0.4, 0.5) is 5.82 Å². The zero-order chi connectivity index (χ0) is 16.7. The van der Waals surface area contributed by atoms with Gasteiger partial charge in [0.2, 0.25) is 5.91 Å². The summed E-state index contributed by atoms with van der Waals surface area (Å²) in [5.74, 6) is 0.864. The Morgan fingerprint density at radius 1 is 1.12 bits per heavy atom. The summed E-state index contributed by atoms with van der Waals surface area (Å²) in [6.07, 6.45) is 2.34. The largest absolute Gasteiger partial charge is 0.310 e. The standard InChI is InChI=1S/C20H19N3O/c1-13-6-5-8-15(10-13)16-11-19(24)22-20-17(16)12-21-23(20)18-9-4-3-7-14(18)2/h3-10,12,16H,11H2,1-2H3,(H,22,24). The Balaban J connectivity index is 1.85. The van der Waals surface area contributed by atoms with E-state index in [1.165, 1.54) is 5.56 Å². The molecule has 0 aliphatic carbocycles. The van der Waals surface area contributed by atoms with Gasteiger partial charge in [-0.1, -0.05) is 48.0 Å². The molecule has 1 aliphatic rings. The maximum Gasteiger partial charge on any atom is 0.226 e. The summed E-state index contributed by atoms with van der Waals surface area (Å²) in [6.45, 7) is 4.12. The molecule has 1 aromatic heterocycles. The minimum atomic E-state index is 0.0318. The fraction of sp³-hybridized carbons (Fsp3) is 0.200. The summed E-state index contributed by atoms with van der Waals surface area (Å²) in [5, 5.41) is 7.57. The number of carbonyl (C=O) groups excluding carboxylic acids is 1. The lowest BCUT2D eigenvalue weighted by molar-refractivity contribution is -0.116. The van der Waals surface area contributed by atoms with Crippen molar-refractivity contribution < 1.29 is 4.79 Å². The molecule has 2 aromatic carbocycles. The average molecular weight is 317 g/mol. The second-order valence-electron chi connectivity index (χ2n) is 6.37. The number of rotatable bonds is 2. The third-order valence-electron chi connectivity index (χ3n) is 4.61. The van der Waals surface area contributed by atoms with Crippen molar-refractivity contribution in [2.24, 2.45) is 0 Å². The van der Waals surface area contributed by atoms with E-state index in [0.29, 0.717) is 6.42 Å². The summed E-state index contributed by atoms with van der Waals surface area (Å²) in [7, 11) is 0. The number of fused-ring (bicyclic) bond motifs is 1. The number of nitrogens with zero attached hydrogens (tertiary/aromatic N) is 2. The minimum Gasteiger partial charge on any atom is -0.310 e. The Morgan fingerprint density at radius 2 is 1.96 bits per heavy atom. The predicted octanol–water partition coefficient (Wildman–Crippen LogP) is 3.96. The first-order valence-corrected chi connectivity index (χ1v) is 8.14. The lowest BCUT2D eigenvalue weighted by Gasteiger charge is -2.24. The zero-order valence-electron chi connectivity index (χ0n) is 13.8. The van der Waals surface area contributed by atoms with Crippen LogP contribution < -0.4 is 5.32 Å². The molecule has 1 aliphatic heterocycles. The van der Waals surface area contributed by atoms with E-state index in [1.807, 2.05) is 48.1 Å². The summed E-state index contributed by atoms with van der Waals surface area (Å²) in [4.78, 5) is 12.3. The van der Waals surface area contributed by atoms with E-state index in [1.54, 1.807) is 0 Å². The van der Waals surface area contributed by atoms with Crippen LogP contribution in [0.5, 0.6) is 0 Å². The molecule has 0 saturated carbocycles. The second-order valence-corrected chi connectivity index (χ2v) is 6.37. The number of hydrogen-bond acceptors (Lipinski definition) is 2. The molecule has 1 unspecified atom stereocenters. The molecule has 2 heterocycles. The Kier molecular flexibility index (Phi) is 3.45. The van der Waals surface area contributed by atoms with Crippen molar-refractivity contribution >= 4 is 11.7 Å². The van der Waals surface area contributed by atoms with E-state index in [-0.39, 0.29) is 11.8 Å². The molecule has 0 bridgehead atoms. The van der Waals surface area contributed by atoms with Gasteiger partial charge in [-0.25, -0.2) is 4.68 Å². The molecule has 1 amide bonds. The van der Waals surface area contributed by atoms with E-state index in [4.69, 9.17) is 0 Å². The SMILES string of the molecule is Cc1cccc(C2CC(=O)Nc3c2cnn3-c2ccccc2C)c1. The first kappa shape index (κ1) is 14.7. The lowest BCUT2D eigenvalue weighted by atomic mass is 9.87. The average Bonchev–Trinajstić information content (AvgIpc) is 2.98. The smallest absolute Gasteiger partial charge is 0.226 e. The molecule has 4 nitrogen and oxygen atoms in total. The molecule has 0 fully saturated rings. The highest BCUT2D eigenvalue weighted by Gasteiger charge is 2.30. The van der Waals surface area contributed by atoms with Crippen molar-refractivity contribution in [1.82, 2.24) is 9.78 Å². The molecule has 0 radical (unpaired) electrons. The Morgan fingerprint density at radius 3 is 2.75 bits per heavy atom. The summed E-state index contributed by atoms with van der Waals surface area (Å²) in [6, 6.07) is 16.4. The molecular weight excluding hydrogens is 298 g/mol. The van der Waals surface area contributed by atoms with Gasteiger partial charge in [-0.05, 0) is 31.0 Å². The van der Waals surface area contributed by atoms with Gasteiger partial charge in [-0.2, -0.15) is 5.10 Å². The Bertz CT molecular complexity index is 926. The third kappa shape index (κ3) is 2.40. The van der Waals surface area contributed by atoms with Gasteiger partial charge in [0.1, 0.15) is 5.82 Å². The number of anilines is 1. The summed E-state index contributed by atoms with van der Waals surface area (Å²) >= 11 is 0. The number of hydrogen-bond donors (Lipinski definition) is 1. The van der Waals surface area contributed by atoms with Gasteiger partial charge in [0.05, 0.1) is 11.9 Å². The van der Waals surface area contributed by atoms with Gasteiger partial charge in [0, 0.05) is 17.9 Å². The molecule has 0 spiro atoms. The number of aromatic nitrogens is 2. The molecule has 1 atom stereocenters. The Labute approximate surface area is 141 Å². The van der Waals surface area contributed by atoms with Gasteiger partial charge in [0.15, 0.2) is 0 Å². The van der Waals surface area contributed by atoms with E-state index in [9.17, 15) is 4.79 Å². The highest BCUT2D eigenvalue weighted by atomic mass is 16.1. The number of para-hydroxylation sites is 1. The molecule has 4 rings (SSSR count). The van der Waals surface area contributed by atoms with E-state index in [0.717, 1.165) is 28.2 Å². The van der Waals surface area contributed by atoms with Crippen molar-refractivity contribution in [2.75, 3.05) is 5.32 Å². The number of nitrogens with one attached hydrogen (secondary N) is 1. The number of amides is 1. The van der Waals surface area contributed by atoms with Gasteiger partial charge in [0.25, 0.3) is 0 Å². The first-order valence-electron chi connectivity index (χ1n) is 8.14. The molecular formula is C20H19N3O. The summed E-state index contributed by atoms with van der Waals surface area (Å²) in [5.41, 5.74) is 5.55. The van der Waals surface area contributed by atoms with Gasteiger partial charge in [-0.3, -0.25) is 4.79 Å². The zero-order valence-corrected chi connectivity index (χ0v) is 13.8. The van der Waals surface area contributed by atoms with Crippen LogP contribution in [0.1, 0.15) is 34.6 Å². The minimum absolute atomic E-state index is 0.0318. The predicted molar refractivity (Wildman–Crippen MR) is 94.6 cm³/mol. The summed E-state index contributed by atoms with van der Waals surface area (Å²) < 4.78 is 1.84. The molecule has 3 aromatic rings. The van der Waals surface area contributed by atoms with Crippen LogP contribution in [0.3, 0.4) is 0 Å². The topological polar surface area (TPSA) is 46.9 Å². The maximum atomic E-state index is 12.3. The van der Waals surface area contributed by atoms with Crippen LogP contribution in [0.15, 0.2) is 54.7 Å². The van der Waals surface area contributed by atoms with E-state index in [2.05, 4.69) is 35.5 Å². The van der Waals surface area contributed by atoms with E-state index < -0.39 is 0 Å². The highest BCUT2D eigenvalue weighted by Crippen LogP contribution is 2.38. The fourth-order valence-electron chi connectivity index (χ4n) is 3.39. The Hall–Kier alpha value is -2.88. The van der Waals surface area contributed by atoms with Crippen molar-refractivity contribution in [2.45, 2.75) is 26.2 Å². The quantitative estimate of drug-likeness (QED) is 0.777. The molecule has 1 N–H and O–H groups in total. The number of benzene rings is 2. The monoisotopic (exact) mass is 317 g/mol. The lowest BCUT2D eigenvalue weighted by Crippen LogP contribution is -2.24. The molecule has 0 saturated heterocycles. The fourth-order valence-corrected chi connectivity index (χ4v) is 3.39. The molecule has 4 heteroatoms. The first-order chi connectivity index (χ1) is 11.6. The van der Waals surface area contributed by atoms with Crippen LogP contribution >= 0.6 is 0 Å². The van der Waals surface area contributed by atoms with Crippen LogP contribution in [-0.4, -0.2) is 15.7 Å². The molecule has 24 heavy (non-hydrogen) atoms. The van der Waals surface area contributed by atoms with Crippen molar-refractivity contribution in [3.05, 3.63) is 77.0 Å². The van der Waals surface area contributed by atoms with Gasteiger partial charge >= 0.3 is 0 Å². The van der Waals surface area contributed by atoms with Gasteiger partial charge in [-0.15, -0.1) is 0 Å². The molecule has 120 valence electrons. The number of carbonyl (C=O) groups is 1. The maximum absolute atomic E-state index is 12.3. The van der Waals surface area contributed by atoms with Crippen LogP contribution in [0.2, 0.25) is 0 Å². The van der Waals surface area contributed by atoms with Crippen molar-refractivity contribution in [3.63, 3.8) is 0 Å².